The summed E-state index contributed by atoms with van der Waals surface area (Å²) in [4.78, 5) is 9.71. The maximum absolute atomic E-state index is 11.5. The highest BCUT2D eigenvalue weighted by Gasteiger charge is 2.15. The van der Waals surface area contributed by atoms with Crippen LogP contribution in [0.3, 0.4) is 0 Å². The fraction of sp³-hybridized carbons (Fsp3) is 0.333. The summed E-state index contributed by atoms with van der Waals surface area (Å²) in [6.07, 6.45) is 1.57. The van der Waals surface area contributed by atoms with Gasteiger partial charge in [-0.2, -0.15) is 4.98 Å². The first-order chi connectivity index (χ1) is 12.3. The molecule has 0 unspecified atom stereocenters. The predicted molar refractivity (Wildman–Crippen MR) is 101 cm³/mol. The van der Waals surface area contributed by atoms with Gasteiger partial charge in [0.05, 0.1) is 22.0 Å². The lowest BCUT2D eigenvalue weighted by Gasteiger charge is -2.21. The van der Waals surface area contributed by atoms with Crippen LogP contribution >= 0.6 is 15.9 Å². The zero-order chi connectivity index (χ0) is 19.3. The Morgan fingerprint density at radius 1 is 1.23 bits per heavy atom. The van der Waals surface area contributed by atoms with E-state index in [4.69, 9.17) is 5.21 Å². The molecule has 142 valence electrons. The molecule has 1 heterocycles. The van der Waals surface area contributed by atoms with Gasteiger partial charge >= 0.3 is 0 Å². The summed E-state index contributed by atoms with van der Waals surface area (Å²) in [5.74, 6) is 1.03. The number of rotatable bonds is 8. The summed E-state index contributed by atoms with van der Waals surface area (Å²) < 4.78 is 23.6. The minimum Gasteiger partial charge on any atom is -0.394 e. The van der Waals surface area contributed by atoms with Crippen LogP contribution in [0.25, 0.3) is 0 Å². The summed E-state index contributed by atoms with van der Waals surface area (Å²) in [6.45, 7) is 3.93. The van der Waals surface area contributed by atoms with Gasteiger partial charge in [0.1, 0.15) is 5.82 Å². The highest BCUT2D eigenvalue weighted by molar-refractivity contribution is 9.10. The molecule has 0 amide bonds. The third-order valence-electron chi connectivity index (χ3n) is 3.61. The number of hydrogen-bond acceptors (Lipinski definition) is 8. The maximum Gasteiger partial charge on any atom is 0.262 e. The second-order valence-electron chi connectivity index (χ2n) is 5.81. The molecule has 1 aromatic heterocycles. The molecule has 0 bridgehead atoms. The van der Waals surface area contributed by atoms with Crippen molar-refractivity contribution >= 4 is 43.4 Å². The van der Waals surface area contributed by atoms with Crippen LogP contribution in [0.15, 0.2) is 39.8 Å². The van der Waals surface area contributed by atoms with Crippen LogP contribution in [0.5, 0.6) is 0 Å². The van der Waals surface area contributed by atoms with Crippen molar-refractivity contribution in [2.45, 2.75) is 24.8 Å². The lowest BCUT2D eigenvalue weighted by atomic mass is 10.1. The van der Waals surface area contributed by atoms with Crippen molar-refractivity contribution in [3.05, 3.63) is 34.9 Å². The average molecular weight is 446 g/mol. The molecule has 1 atom stereocenters. The lowest BCUT2D eigenvalue weighted by molar-refractivity contribution is 0.242. The van der Waals surface area contributed by atoms with E-state index in [1.54, 1.807) is 6.20 Å². The summed E-state index contributed by atoms with van der Waals surface area (Å²) in [5.41, 5.74) is 0.567. The first kappa shape index (κ1) is 20.5. The van der Waals surface area contributed by atoms with Gasteiger partial charge in [0, 0.05) is 11.9 Å². The van der Waals surface area contributed by atoms with Gasteiger partial charge in [-0.25, -0.2) is 13.4 Å². The van der Waals surface area contributed by atoms with Gasteiger partial charge in [-0.1, -0.05) is 18.7 Å². The number of sulfonamides is 1. The molecule has 11 heteroatoms. The Hall–Kier alpha value is -1.79. The molecule has 5 N–H and O–H groups in total. The summed E-state index contributed by atoms with van der Waals surface area (Å²) in [7, 11) is -3.92. The fourth-order valence-corrected chi connectivity index (χ4v) is 2.93. The van der Waals surface area contributed by atoms with E-state index in [1.807, 2.05) is 13.8 Å². The van der Waals surface area contributed by atoms with E-state index in [1.165, 1.54) is 29.2 Å². The Morgan fingerprint density at radius 2 is 1.88 bits per heavy atom. The molecule has 0 fully saturated rings. The smallest absolute Gasteiger partial charge is 0.262 e. The topological polar surface area (TPSA) is 136 Å². The van der Waals surface area contributed by atoms with Gasteiger partial charge in [-0.15, -0.1) is 0 Å². The van der Waals surface area contributed by atoms with Gasteiger partial charge in [-0.3, -0.25) is 0 Å². The maximum atomic E-state index is 11.5. The Morgan fingerprint density at radius 3 is 2.42 bits per heavy atom. The first-order valence-electron chi connectivity index (χ1n) is 7.69. The molecule has 2 aromatic rings. The molecule has 0 aliphatic rings. The minimum absolute atomic E-state index is 0.0360. The largest absolute Gasteiger partial charge is 0.394 e. The number of aliphatic hydroxyl groups excluding tert-OH is 1. The molecule has 0 saturated heterocycles. The second kappa shape index (κ2) is 8.73. The number of nitrogens with zero attached hydrogens (tertiary/aromatic N) is 2. The number of hydrogen-bond donors (Lipinski definition) is 5. The monoisotopic (exact) mass is 445 g/mol. The van der Waals surface area contributed by atoms with E-state index in [0.29, 0.717) is 21.9 Å². The van der Waals surface area contributed by atoms with Crippen LogP contribution in [0, 0.1) is 5.92 Å². The van der Waals surface area contributed by atoms with Crippen molar-refractivity contribution < 1.29 is 18.7 Å². The zero-order valence-electron chi connectivity index (χ0n) is 14.1. The van der Waals surface area contributed by atoms with Gasteiger partial charge in [0.2, 0.25) is 5.95 Å². The number of aromatic nitrogens is 2. The molecular weight excluding hydrogens is 426 g/mol. The molecule has 0 aliphatic heterocycles. The fourth-order valence-electron chi connectivity index (χ4n) is 2.03. The number of halogens is 1. The predicted octanol–water partition coefficient (Wildman–Crippen LogP) is 2.08. The van der Waals surface area contributed by atoms with Crippen molar-refractivity contribution in [2.24, 2.45) is 5.92 Å². The normalized spacial score (nSPS) is 12.8. The molecule has 2 rings (SSSR count). The molecule has 1 aromatic carbocycles. The van der Waals surface area contributed by atoms with Crippen molar-refractivity contribution in [3.63, 3.8) is 0 Å². The van der Waals surface area contributed by atoms with Gasteiger partial charge in [0.25, 0.3) is 10.0 Å². The quantitative estimate of drug-likeness (QED) is 0.389. The van der Waals surface area contributed by atoms with Crippen molar-refractivity contribution in [2.75, 3.05) is 17.2 Å². The van der Waals surface area contributed by atoms with E-state index in [9.17, 15) is 13.5 Å². The standard InChI is InChI=1S/C15H20BrN5O4S/c1-9(2)13(8-22)19-14-12(16)7-17-15(20-14)18-10-3-5-11(6-4-10)26(24,25)21-23/h3-7,9,13,21-23H,8H2,1-2H3,(H2,17,18,19,20)/t13-/m0/s1. The van der Waals surface area contributed by atoms with Gasteiger partial charge < -0.3 is 20.9 Å². The summed E-state index contributed by atoms with van der Waals surface area (Å²) >= 11 is 3.37. The molecule has 0 saturated carbocycles. The SMILES string of the molecule is CC(C)[C@H](CO)Nc1nc(Nc2ccc(S(=O)(=O)NO)cc2)ncc1Br. The van der Waals surface area contributed by atoms with Gasteiger partial charge in [0.15, 0.2) is 0 Å². The third kappa shape index (κ3) is 5.11. The molecule has 0 radical (unpaired) electrons. The average Bonchev–Trinajstić information content (AvgIpc) is 2.62. The van der Waals surface area contributed by atoms with Crippen LogP contribution in [0.2, 0.25) is 0 Å². The molecule has 0 aliphatic carbocycles. The Labute approximate surface area is 160 Å². The zero-order valence-corrected chi connectivity index (χ0v) is 16.5. The number of nitrogens with one attached hydrogen (secondary N) is 3. The van der Waals surface area contributed by atoms with Crippen LogP contribution in [0.4, 0.5) is 17.5 Å². The minimum atomic E-state index is -3.92. The highest BCUT2D eigenvalue weighted by atomic mass is 79.9. The lowest BCUT2D eigenvalue weighted by Crippen LogP contribution is -2.30. The molecular formula is C15H20BrN5O4S. The Kier molecular flexibility index (Phi) is 6.89. The van der Waals surface area contributed by atoms with Crippen LogP contribution in [0.1, 0.15) is 13.8 Å². The van der Waals surface area contributed by atoms with Crippen molar-refractivity contribution in [1.82, 2.24) is 14.9 Å². The summed E-state index contributed by atoms with van der Waals surface area (Å²) in [5, 5.41) is 24.2. The van der Waals surface area contributed by atoms with E-state index in [2.05, 4.69) is 36.5 Å². The molecule has 26 heavy (non-hydrogen) atoms. The third-order valence-corrected chi connectivity index (χ3v) is 5.32. The van der Waals surface area contributed by atoms with Crippen molar-refractivity contribution in [1.29, 1.82) is 0 Å². The van der Waals surface area contributed by atoms with Crippen LogP contribution < -0.4 is 15.5 Å². The first-order valence-corrected chi connectivity index (χ1v) is 9.97. The number of benzene rings is 1. The van der Waals surface area contributed by atoms with Crippen LogP contribution in [-0.4, -0.2) is 41.3 Å². The summed E-state index contributed by atoms with van der Waals surface area (Å²) in [6, 6.07) is 5.55. The van der Waals surface area contributed by atoms with E-state index >= 15 is 0 Å². The molecule has 9 nitrogen and oxygen atoms in total. The molecule has 0 spiro atoms. The van der Waals surface area contributed by atoms with E-state index in [0.717, 1.165) is 0 Å². The Balaban J connectivity index is 2.18. The van der Waals surface area contributed by atoms with Crippen molar-refractivity contribution in [3.8, 4) is 0 Å². The van der Waals surface area contributed by atoms with E-state index in [-0.39, 0.29) is 23.5 Å². The number of anilines is 3. The highest BCUT2D eigenvalue weighted by Crippen LogP contribution is 2.24. The Bertz CT molecular complexity index is 846. The van der Waals surface area contributed by atoms with E-state index < -0.39 is 10.0 Å². The van der Waals surface area contributed by atoms with Gasteiger partial charge in [-0.05, 0) is 46.1 Å². The second-order valence-corrected chi connectivity index (χ2v) is 8.33. The number of aliphatic hydroxyl groups is 1. The van der Waals surface area contributed by atoms with Crippen LogP contribution in [-0.2, 0) is 10.0 Å².